The number of allylic oxidation sites excluding steroid dienone is 1. The first-order valence-corrected chi connectivity index (χ1v) is 22.5. The number of carbonyl (C=O) groups is 4. The zero-order valence-corrected chi connectivity index (χ0v) is 38.8. The fourth-order valence-electron chi connectivity index (χ4n) is 6.11. The van der Waals surface area contributed by atoms with Gasteiger partial charge in [-0.2, -0.15) is 0 Å². The molecule has 350 valence electrons. The van der Waals surface area contributed by atoms with Gasteiger partial charge in [-0.1, -0.05) is 30.4 Å². The number of rotatable bonds is 20. The largest absolute Gasteiger partial charge is 0.496 e. The second-order valence-electron chi connectivity index (χ2n) is 14.8. The molecule has 68 heavy (non-hydrogen) atoms. The number of nitriles is 1. The van der Waals surface area contributed by atoms with Crippen LogP contribution in [0.5, 0.6) is 40.2 Å². The number of hydrogen-bond donors (Lipinski definition) is 2. The maximum absolute atomic E-state index is 13.4. The number of methoxy groups -OCH3 is 2. The molecule has 1 aliphatic heterocycles. The molecule has 0 radical (unpaired) electrons. The minimum absolute atomic E-state index is 0.00506. The Morgan fingerprint density at radius 1 is 0.647 bits per heavy atom. The van der Waals surface area contributed by atoms with E-state index in [9.17, 15) is 34.7 Å². The summed E-state index contributed by atoms with van der Waals surface area (Å²) in [4.78, 5) is 57.0. The van der Waals surface area contributed by atoms with Crippen LogP contribution in [0.1, 0.15) is 73.7 Å². The molecule has 6 rings (SSSR count). The van der Waals surface area contributed by atoms with Crippen molar-refractivity contribution in [2.24, 2.45) is 5.92 Å². The van der Waals surface area contributed by atoms with Gasteiger partial charge in [-0.3, -0.25) is 0 Å². The highest BCUT2D eigenvalue weighted by molar-refractivity contribution is 8.24. The highest BCUT2D eigenvalue weighted by Gasteiger charge is 2.31. The summed E-state index contributed by atoms with van der Waals surface area (Å²) in [6.07, 6.45) is 1.30. The first-order chi connectivity index (χ1) is 32.9. The van der Waals surface area contributed by atoms with Crippen LogP contribution in [0.2, 0.25) is 0 Å². The van der Waals surface area contributed by atoms with Gasteiger partial charge in [0.25, 0.3) is 5.70 Å². The molecule has 0 fully saturated rings. The summed E-state index contributed by atoms with van der Waals surface area (Å²) in [7, 11) is 3.02. The van der Waals surface area contributed by atoms with Crippen molar-refractivity contribution in [3.63, 3.8) is 0 Å². The predicted octanol–water partition coefficient (Wildman–Crippen LogP) is 9.08. The third kappa shape index (κ3) is 12.8. The van der Waals surface area contributed by atoms with Gasteiger partial charge in [0.05, 0.1) is 76.4 Å². The van der Waals surface area contributed by atoms with Crippen LogP contribution >= 0.6 is 23.5 Å². The van der Waals surface area contributed by atoms with E-state index >= 15 is 0 Å². The second-order valence-corrected chi connectivity index (χ2v) is 17.1. The van der Waals surface area contributed by atoms with Gasteiger partial charge in [0, 0.05) is 26.2 Å². The van der Waals surface area contributed by atoms with Gasteiger partial charge in [0.1, 0.15) is 45.8 Å². The van der Waals surface area contributed by atoms with E-state index in [-0.39, 0.29) is 79.6 Å². The first-order valence-electron chi connectivity index (χ1n) is 20.8. The minimum atomic E-state index is -0.785. The number of hydrogen-bond acceptors (Lipinski definition) is 17. The van der Waals surface area contributed by atoms with Crippen LogP contribution < -0.4 is 33.2 Å². The quantitative estimate of drug-likeness (QED) is 0.0322. The Hall–Kier alpha value is -7.32. The van der Waals surface area contributed by atoms with Gasteiger partial charge in [-0.05, 0) is 116 Å². The number of benzene rings is 5. The van der Waals surface area contributed by atoms with E-state index in [0.29, 0.717) is 52.9 Å². The lowest BCUT2D eigenvalue weighted by atomic mass is 10.1. The average Bonchev–Trinajstić information content (AvgIpc) is 3.81. The zero-order chi connectivity index (χ0) is 48.7. The molecule has 0 saturated carbocycles. The molecule has 1 heterocycles. The lowest BCUT2D eigenvalue weighted by molar-refractivity contribution is 0.0709. The summed E-state index contributed by atoms with van der Waals surface area (Å²) in [6, 6.07) is 25.3. The van der Waals surface area contributed by atoms with Gasteiger partial charge in [-0.25, -0.2) is 29.3 Å². The number of aliphatic hydroxyl groups is 2. The van der Waals surface area contributed by atoms with E-state index in [1.165, 1.54) is 79.9 Å². The molecule has 1 aliphatic rings. The Morgan fingerprint density at radius 2 is 1.15 bits per heavy atom. The van der Waals surface area contributed by atoms with Gasteiger partial charge in [0.2, 0.25) is 0 Å². The van der Waals surface area contributed by atoms with Crippen LogP contribution in [-0.2, 0) is 11.3 Å². The van der Waals surface area contributed by atoms with Crippen LogP contribution in [-0.4, -0.2) is 74.2 Å². The number of carbonyl (C=O) groups excluding carboxylic acids is 4. The Kier molecular flexibility index (Phi) is 17.6. The van der Waals surface area contributed by atoms with Crippen LogP contribution in [0.3, 0.4) is 0 Å². The molecule has 5 aromatic carbocycles. The molecule has 0 aromatic heterocycles. The molecule has 2 atom stereocenters. The highest BCUT2D eigenvalue weighted by Crippen LogP contribution is 2.59. The topological polar surface area (TPSA) is 211 Å². The SMILES string of the molecule is [C-]#[N+]/C(C#N)=C1/Sc2c(OC(=O)c3ccc(OC(=O)c4ccc(OCCC(C)OC)cc4CO)cc3)ccc(OC(=O)c3ccc(OC(=O)c4ccc(OCCC(C)CO)cc4OC)cc3)c2S1. The van der Waals surface area contributed by atoms with Crippen LogP contribution in [0.4, 0.5) is 0 Å². The third-order valence-corrected chi connectivity index (χ3v) is 12.7. The maximum atomic E-state index is 13.4. The predicted molar refractivity (Wildman–Crippen MR) is 248 cm³/mol. The molecule has 18 heteroatoms. The number of ether oxygens (including phenoxy) is 8. The van der Waals surface area contributed by atoms with E-state index in [0.717, 1.165) is 23.5 Å². The third-order valence-electron chi connectivity index (χ3n) is 10.1. The molecule has 16 nitrogen and oxygen atoms in total. The Bertz CT molecular complexity index is 2600. The second kappa shape index (κ2) is 23.9. The summed E-state index contributed by atoms with van der Waals surface area (Å²) in [5, 5.41) is 28.8. The van der Waals surface area contributed by atoms with Crippen molar-refractivity contribution in [2.75, 3.05) is 34.0 Å². The van der Waals surface area contributed by atoms with E-state index in [4.69, 9.17) is 44.5 Å². The van der Waals surface area contributed by atoms with Crippen molar-refractivity contribution < 1.29 is 67.3 Å². The molecule has 0 aliphatic carbocycles. The van der Waals surface area contributed by atoms with Crippen molar-refractivity contribution in [3.05, 3.63) is 146 Å². The van der Waals surface area contributed by atoms with Crippen LogP contribution in [0, 0.1) is 23.8 Å². The molecule has 0 bridgehead atoms. The van der Waals surface area contributed by atoms with Crippen molar-refractivity contribution in [1.29, 1.82) is 5.26 Å². The molecule has 2 unspecified atom stereocenters. The monoisotopic (exact) mass is 960 g/mol. The maximum Gasteiger partial charge on any atom is 0.347 e. The fraction of sp³-hybridized carbons (Fsp3) is 0.240. The number of esters is 4. The molecule has 0 spiro atoms. The van der Waals surface area contributed by atoms with Gasteiger partial charge >= 0.3 is 23.9 Å². The number of fused-ring (bicyclic) bond motifs is 1. The highest BCUT2D eigenvalue weighted by atomic mass is 32.2. The van der Waals surface area contributed by atoms with Crippen molar-refractivity contribution in [2.45, 2.75) is 49.2 Å². The van der Waals surface area contributed by atoms with Crippen molar-refractivity contribution >= 4 is 47.4 Å². The first kappa shape index (κ1) is 50.1. The van der Waals surface area contributed by atoms with Crippen LogP contribution in [0.15, 0.2) is 117 Å². The van der Waals surface area contributed by atoms with Gasteiger partial charge in [0.15, 0.2) is 0 Å². The molecule has 2 N–H and O–H groups in total. The molecule has 0 amide bonds. The van der Waals surface area contributed by atoms with E-state index in [1.807, 2.05) is 19.9 Å². The Morgan fingerprint density at radius 3 is 1.63 bits per heavy atom. The van der Waals surface area contributed by atoms with Gasteiger partial charge < -0.3 is 48.1 Å². The number of nitrogens with zero attached hydrogens (tertiary/aromatic N) is 2. The van der Waals surface area contributed by atoms with Crippen molar-refractivity contribution in [3.8, 4) is 46.3 Å². The zero-order valence-electron chi connectivity index (χ0n) is 37.1. The van der Waals surface area contributed by atoms with Gasteiger partial charge in [-0.15, -0.1) is 0 Å². The smallest absolute Gasteiger partial charge is 0.347 e. The van der Waals surface area contributed by atoms with E-state index in [1.54, 1.807) is 31.4 Å². The summed E-state index contributed by atoms with van der Waals surface area (Å²) >= 11 is 2.00. The standard InChI is InChI=1S/C50H44N2O14S2/c1-29(27-53)20-22-61-37-15-17-39(43(25-37)60-5)49(58)64-35-12-8-32(9-13-35)47(56)66-42-19-18-41(44-45(42)68-50(67-44)40(26-51)52-3)65-46(55)31-6-10-34(11-7-31)63-48(57)38-16-14-36(24-33(38)28-54)62-23-21-30(2)59-4/h6-19,24-25,29-30,53-54H,20-23,27-28H2,1-2,4-5H3/b50-40-. The normalized spacial score (nSPS) is 13.1. The summed E-state index contributed by atoms with van der Waals surface area (Å²) < 4.78 is 45.0. The lowest BCUT2D eigenvalue weighted by Crippen LogP contribution is -2.13. The lowest BCUT2D eigenvalue weighted by Gasteiger charge is -2.13. The van der Waals surface area contributed by atoms with Crippen molar-refractivity contribution in [1.82, 2.24) is 0 Å². The Labute approximate surface area is 400 Å². The molecule has 5 aromatic rings. The number of thioether (sulfide) groups is 2. The van der Waals surface area contributed by atoms with E-state index < -0.39 is 30.5 Å². The summed E-state index contributed by atoms with van der Waals surface area (Å²) in [5.41, 5.74) is 0.551. The molecular weight excluding hydrogens is 917 g/mol. The Balaban J connectivity index is 1.10. The number of aliphatic hydroxyl groups excluding tert-OH is 2. The summed E-state index contributed by atoms with van der Waals surface area (Å²) in [5.74, 6) is -1.39. The summed E-state index contributed by atoms with van der Waals surface area (Å²) in [6.45, 7) is 11.7. The molecular formula is C50H44N2O14S2. The van der Waals surface area contributed by atoms with E-state index in [2.05, 4.69) is 4.85 Å². The minimum Gasteiger partial charge on any atom is -0.496 e. The average molecular weight is 961 g/mol. The fourth-order valence-corrected chi connectivity index (χ4v) is 8.58. The van der Waals surface area contributed by atoms with Crippen LogP contribution in [0.25, 0.3) is 4.85 Å². The molecule has 0 saturated heterocycles.